The van der Waals surface area contributed by atoms with E-state index < -0.39 is 9.84 Å². The molecule has 20 heavy (non-hydrogen) atoms. The van der Waals surface area contributed by atoms with E-state index in [1.165, 1.54) is 24.3 Å². The zero-order valence-corrected chi connectivity index (χ0v) is 12.7. The Hall–Kier alpha value is -1.11. The van der Waals surface area contributed by atoms with Crippen LogP contribution in [0.5, 0.6) is 0 Å². The molecule has 1 atom stereocenters. The molecule has 5 nitrogen and oxygen atoms in total. The molecule has 1 aliphatic heterocycles. The monoisotopic (exact) mass is 317 g/mol. The molecule has 1 unspecified atom stereocenters. The van der Waals surface area contributed by atoms with Crippen LogP contribution < -0.4 is 0 Å². The van der Waals surface area contributed by atoms with Crippen LogP contribution in [0.1, 0.15) is 10.4 Å². The van der Waals surface area contributed by atoms with Gasteiger partial charge in [-0.3, -0.25) is 4.79 Å². The lowest BCUT2D eigenvalue weighted by molar-refractivity contribution is -0.0108. The van der Waals surface area contributed by atoms with Gasteiger partial charge in [0.25, 0.3) is 5.91 Å². The number of rotatable bonds is 3. The second kappa shape index (κ2) is 6.11. The Morgan fingerprint density at radius 2 is 2.05 bits per heavy atom. The summed E-state index contributed by atoms with van der Waals surface area (Å²) < 4.78 is 28.1. The molecule has 110 valence electrons. The van der Waals surface area contributed by atoms with Crippen LogP contribution in [-0.2, 0) is 14.6 Å². The van der Waals surface area contributed by atoms with Crippen molar-refractivity contribution in [3.05, 3.63) is 29.8 Å². The Balaban J connectivity index is 2.13. The van der Waals surface area contributed by atoms with Crippen molar-refractivity contribution in [1.82, 2.24) is 4.90 Å². The molecule has 0 N–H and O–H groups in total. The number of sulfone groups is 1. The number of hydrogen-bond acceptors (Lipinski definition) is 4. The summed E-state index contributed by atoms with van der Waals surface area (Å²) in [7, 11) is -3.25. The molecule has 1 aliphatic rings. The predicted molar refractivity (Wildman–Crippen MR) is 75.9 cm³/mol. The van der Waals surface area contributed by atoms with Crippen molar-refractivity contribution in [3.8, 4) is 0 Å². The molecule has 7 heteroatoms. The molecule has 0 saturated carbocycles. The van der Waals surface area contributed by atoms with Crippen molar-refractivity contribution < 1.29 is 17.9 Å². The van der Waals surface area contributed by atoms with Crippen molar-refractivity contribution in [2.75, 3.05) is 31.8 Å². The number of carbonyl (C=O) groups is 1. The molecule has 1 heterocycles. The average molecular weight is 318 g/mol. The van der Waals surface area contributed by atoms with Gasteiger partial charge in [0.2, 0.25) is 0 Å². The first-order valence-electron chi connectivity index (χ1n) is 6.19. The number of halogens is 1. The van der Waals surface area contributed by atoms with Crippen molar-refractivity contribution in [1.29, 1.82) is 0 Å². The van der Waals surface area contributed by atoms with E-state index in [4.69, 9.17) is 16.3 Å². The van der Waals surface area contributed by atoms with E-state index in [1.54, 1.807) is 4.90 Å². The third-order valence-corrected chi connectivity index (χ3v) is 4.60. The Bertz CT molecular complexity index is 585. The maximum atomic E-state index is 12.3. The molecule has 1 aromatic carbocycles. The second-order valence-electron chi connectivity index (χ2n) is 4.69. The number of amides is 1. The van der Waals surface area contributed by atoms with Gasteiger partial charge in [0.15, 0.2) is 9.84 Å². The largest absolute Gasteiger partial charge is 0.373 e. The topological polar surface area (TPSA) is 63.7 Å². The lowest BCUT2D eigenvalue weighted by Gasteiger charge is -2.32. The molecule has 1 fully saturated rings. The van der Waals surface area contributed by atoms with E-state index in [0.29, 0.717) is 31.1 Å². The van der Waals surface area contributed by atoms with Gasteiger partial charge >= 0.3 is 0 Å². The first kappa shape index (κ1) is 15.3. The minimum Gasteiger partial charge on any atom is -0.373 e. The van der Waals surface area contributed by atoms with E-state index in [9.17, 15) is 13.2 Å². The maximum absolute atomic E-state index is 12.3. The van der Waals surface area contributed by atoms with E-state index >= 15 is 0 Å². The molecular formula is C13H16ClNO4S. The molecule has 1 amide bonds. The highest BCUT2D eigenvalue weighted by atomic mass is 35.5. The number of nitrogens with zero attached hydrogens (tertiary/aromatic N) is 1. The van der Waals surface area contributed by atoms with Gasteiger partial charge in [-0.05, 0) is 24.3 Å². The van der Waals surface area contributed by atoms with E-state index in [1.807, 2.05) is 0 Å². The Labute approximate surface area is 123 Å². The van der Waals surface area contributed by atoms with E-state index in [2.05, 4.69) is 0 Å². The van der Waals surface area contributed by atoms with Gasteiger partial charge in [-0.2, -0.15) is 0 Å². The fourth-order valence-corrected chi connectivity index (χ4v) is 2.84. The number of alkyl halides is 1. The molecule has 0 spiro atoms. The average Bonchev–Trinajstić information content (AvgIpc) is 2.46. The summed E-state index contributed by atoms with van der Waals surface area (Å²) in [5, 5.41) is 0. The zero-order valence-electron chi connectivity index (χ0n) is 11.1. The highest BCUT2D eigenvalue weighted by Crippen LogP contribution is 2.14. The number of hydrogen-bond donors (Lipinski definition) is 0. The van der Waals surface area contributed by atoms with Crippen LogP contribution in [0.4, 0.5) is 0 Å². The van der Waals surface area contributed by atoms with Crippen LogP contribution in [0.2, 0.25) is 0 Å². The third kappa shape index (κ3) is 3.50. The predicted octanol–water partition coefficient (Wildman–Crippen LogP) is 1.17. The van der Waals surface area contributed by atoms with Crippen LogP contribution in [0, 0.1) is 0 Å². The molecule has 0 aromatic heterocycles. The van der Waals surface area contributed by atoms with Crippen LogP contribution in [0.15, 0.2) is 29.2 Å². The summed E-state index contributed by atoms with van der Waals surface area (Å²) in [6.07, 6.45) is 0.987. The van der Waals surface area contributed by atoms with Crippen molar-refractivity contribution >= 4 is 27.3 Å². The number of carbonyl (C=O) groups excluding carboxylic acids is 1. The summed E-state index contributed by atoms with van der Waals surface area (Å²) >= 11 is 5.74. The summed E-state index contributed by atoms with van der Waals surface area (Å²) in [4.78, 5) is 14.2. The zero-order chi connectivity index (χ0) is 14.8. The smallest absolute Gasteiger partial charge is 0.254 e. The summed E-state index contributed by atoms with van der Waals surface area (Å²) in [6, 6.07) is 5.96. The molecule has 0 bridgehead atoms. The van der Waals surface area contributed by atoms with Gasteiger partial charge in [-0.15, -0.1) is 11.6 Å². The van der Waals surface area contributed by atoms with E-state index in [0.717, 1.165) is 6.26 Å². The lowest BCUT2D eigenvalue weighted by atomic mass is 10.2. The van der Waals surface area contributed by atoms with Crippen LogP contribution in [0.3, 0.4) is 0 Å². The highest BCUT2D eigenvalue weighted by Gasteiger charge is 2.24. The van der Waals surface area contributed by atoms with Crippen LogP contribution in [-0.4, -0.2) is 57.2 Å². The van der Waals surface area contributed by atoms with Gasteiger partial charge in [-0.1, -0.05) is 0 Å². The van der Waals surface area contributed by atoms with Gasteiger partial charge in [0.05, 0.1) is 23.5 Å². The molecule has 1 saturated heterocycles. The second-order valence-corrected chi connectivity index (χ2v) is 7.02. The van der Waals surface area contributed by atoms with E-state index in [-0.39, 0.29) is 16.9 Å². The minimum absolute atomic E-state index is 0.136. The normalized spacial score (nSPS) is 19.9. The maximum Gasteiger partial charge on any atom is 0.254 e. The van der Waals surface area contributed by atoms with Gasteiger partial charge in [0.1, 0.15) is 0 Å². The third-order valence-electron chi connectivity index (χ3n) is 3.13. The molecule has 2 rings (SSSR count). The van der Waals surface area contributed by atoms with Crippen LogP contribution in [0.25, 0.3) is 0 Å². The SMILES string of the molecule is CS(=O)(=O)c1ccc(C(=O)N2CCOC(CCl)C2)cc1. The molecule has 1 aromatic rings. The standard InChI is InChI=1S/C13H16ClNO4S/c1-20(17,18)12-4-2-10(3-5-12)13(16)15-6-7-19-11(8-14)9-15/h2-5,11H,6-9H2,1H3. The Morgan fingerprint density at radius 3 is 2.60 bits per heavy atom. The van der Waals surface area contributed by atoms with Gasteiger partial charge < -0.3 is 9.64 Å². The lowest BCUT2D eigenvalue weighted by Crippen LogP contribution is -2.46. The van der Waals surface area contributed by atoms with Gasteiger partial charge in [-0.25, -0.2) is 8.42 Å². The minimum atomic E-state index is -3.25. The summed E-state index contributed by atoms with van der Waals surface area (Å²) in [5.41, 5.74) is 0.465. The number of ether oxygens (including phenoxy) is 1. The van der Waals surface area contributed by atoms with Crippen molar-refractivity contribution in [2.24, 2.45) is 0 Å². The quantitative estimate of drug-likeness (QED) is 0.785. The molecule has 0 aliphatic carbocycles. The molecular weight excluding hydrogens is 302 g/mol. The Morgan fingerprint density at radius 1 is 1.40 bits per heavy atom. The number of morpholine rings is 1. The fourth-order valence-electron chi connectivity index (χ4n) is 2.02. The molecule has 0 radical (unpaired) electrons. The highest BCUT2D eigenvalue weighted by molar-refractivity contribution is 7.90. The van der Waals surface area contributed by atoms with Crippen molar-refractivity contribution in [2.45, 2.75) is 11.0 Å². The number of benzene rings is 1. The summed E-state index contributed by atoms with van der Waals surface area (Å²) in [5.74, 6) is 0.208. The first-order chi connectivity index (χ1) is 9.41. The van der Waals surface area contributed by atoms with Gasteiger partial charge in [0, 0.05) is 24.9 Å². The Kier molecular flexibility index (Phi) is 4.67. The fraction of sp³-hybridized carbons (Fsp3) is 0.462. The summed E-state index contributed by atoms with van der Waals surface area (Å²) in [6.45, 7) is 1.43. The first-order valence-corrected chi connectivity index (χ1v) is 8.61. The van der Waals surface area contributed by atoms with Crippen molar-refractivity contribution in [3.63, 3.8) is 0 Å². The van der Waals surface area contributed by atoms with Crippen LogP contribution >= 0.6 is 11.6 Å².